The molecule has 0 aromatic heterocycles. The molecule has 1 aliphatic rings. The molecule has 1 unspecified atom stereocenters. The van der Waals surface area contributed by atoms with Crippen LogP contribution in [0, 0.1) is 0 Å². The summed E-state index contributed by atoms with van der Waals surface area (Å²) in [6.07, 6.45) is 8.50. The van der Waals surface area contributed by atoms with Crippen molar-refractivity contribution in [1.82, 2.24) is 0 Å². The van der Waals surface area contributed by atoms with Crippen LogP contribution in [0.3, 0.4) is 0 Å². The molecule has 0 N–H and O–H groups in total. The maximum Gasteiger partial charge on any atom is 0.0556 e. The fraction of sp³-hybridized carbons (Fsp3) is 0.600. The van der Waals surface area contributed by atoms with Crippen molar-refractivity contribution in [3.05, 3.63) is 23.8 Å². The van der Waals surface area contributed by atoms with Gasteiger partial charge in [0.25, 0.3) is 0 Å². The summed E-state index contributed by atoms with van der Waals surface area (Å²) in [6, 6.07) is 0. The summed E-state index contributed by atoms with van der Waals surface area (Å²) in [5.74, 6) is 0. The van der Waals surface area contributed by atoms with Crippen LogP contribution in [0.15, 0.2) is 23.8 Å². The summed E-state index contributed by atoms with van der Waals surface area (Å²) in [6.45, 7) is 6.14. The Morgan fingerprint density at radius 2 is 2.18 bits per heavy atom. The average molecular weight is 173 g/mol. The molecule has 0 amide bonds. The van der Waals surface area contributed by atoms with E-state index in [9.17, 15) is 0 Å². The van der Waals surface area contributed by atoms with Crippen molar-refractivity contribution in [3.8, 4) is 0 Å². The van der Waals surface area contributed by atoms with Crippen molar-refractivity contribution in [3.63, 3.8) is 0 Å². The summed E-state index contributed by atoms with van der Waals surface area (Å²) in [4.78, 5) is 0. The Kier molecular flexibility index (Phi) is 6.34. The zero-order chi connectivity index (χ0) is 8.69. The Hall–Kier alpha value is -0.230. The van der Waals surface area contributed by atoms with Gasteiger partial charge in [0.15, 0.2) is 0 Å². The molecule has 64 valence electrons. The lowest BCUT2D eigenvalue weighted by Gasteiger charge is -2.07. The lowest BCUT2D eigenvalue weighted by Crippen LogP contribution is -1.96. The molecule has 0 saturated heterocycles. The summed E-state index contributed by atoms with van der Waals surface area (Å²) in [7, 11) is 0. The molecule has 0 aromatic rings. The number of halogens is 1. The van der Waals surface area contributed by atoms with E-state index in [1.165, 1.54) is 5.57 Å². The van der Waals surface area contributed by atoms with E-state index >= 15 is 0 Å². The fourth-order valence-electron chi connectivity index (χ4n) is 0.941. The molecule has 0 aromatic carbocycles. The van der Waals surface area contributed by atoms with Gasteiger partial charge in [0.1, 0.15) is 0 Å². The Labute approximate surface area is 74.9 Å². The Morgan fingerprint density at radius 1 is 1.55 bits per heavy atom. The van der Waals surface area contributed by atoms with Gasteiger partial charge in [0.2, 0.25) is 0 Å². The molecular weight excluding hydrogens is 156 g/mol. The lowest BCUT2D eigenvalue weighted by atomic mass is 10.1. The molecule has 0 aliphatic heterocycles. The summed E-state index contributed by atoms with van der Waals surface area (Å²) in [5, 5.41) is 0.241. The van der Waals surface area contributed by atoms with E-state index < -0.39 is 0 Å². The van der Waals surface area contributed by atoms with Crippen molar-refractivity contribution in [2.75, 3.05) is 0 Å². The third-order valence-corrected chi connectivity index (χ3v) is 1.80. The van der Waals surface area contributed by atoms with Gasteiger partial charge in [0, 0.05) is 0 Å². The quantitative estimate of drug-likeness (QED) is 0.526. The van der Waals surface area contributed by atoms with Crippen molar-refractivity contribution in [2.24, 2.45) is 0 Å². The number of alkyl halides is 1. The van der Waals surface area contributed by atoms with Crippen LogP contribution in [-0.2, 0) is 0 Å². The van der Waals surface area contributed by atoms with Crippen molar-refractivity contribution in [1.29, 1.82) is 0 Å². The van der Waals surface area contributed by atoms with Gasteiger partial charge < -0.3 is 0 Å². The topological polar surface area (TPSA) is 0 Å². The Bertz CT molecular complexity index is 145. The van der Waals surface area contributed by atoms with E-state index in [-0.39, 0.29) is 5.38 Å². The largest absolute Gasteiger partial charge is 0.118 e. The van der Waals surface area contributed by atoms with Crippen molar-refractivity contribution < 1.29 is 0 Å². The molecule has 11 heavy (non-hydrogen) atoms. The highest BCUT2D eigenvalue weighted by Crippen LogP contribution is 2.16. The van der Waals surface area contributed by atoms with Crippen LogP contribution >= 0.6 is 11.6 Å². The fourth-order valence-corrected chi connectivity index (χ4v) is 1.21. The van der Waals surface area contributed by atoms with E-state index in [0.29, 0.717) is 0 Å². The van der Waals surface area contributed by atoms with Crippen LogP contribution in [0.5, 0.6) is 0 Å². The van der Waals surface area contributed by atoms with Crippen molar-refractivity contribution >= 4 is 11.6 Å². The number of rotatable bonds is 1. The van der Waals surface area contributed by atoms with E-state index in [4.69, 9.17) is 11.6 Å². The highest BCUT2D eigenvalue weighted by Gasteiger charge is 2.02. The highest BCUT2D eigenvalue weighted by molar-refractivity contribution is 6.22. The van der Waals surface area contributed by atoms with Gasteiger partial charge in [-0.3, -0.25) is 0 Å². The lowest BCUT2D eigenvalue weighted by molar-refractivity contribution is 0.991. The average Bonchev–Trinajstić information content (AvgIpc) is 2.08. The number of allylic oxidation sites excluding steroid dienone is 4. The van der Waals surface area contributed by atoms with Gasteiger partial charge in [-0.2, -0.15) is 0 Å². The highest BCUT2D eigenvalue weighted by atomic mass is 35.5. The molecule has 1 rings (SSSR count). The van der Waals surface area contributed by atoms with Gasteiger partial charge in [-0.1, -0.05) is 44.6 Å². The molecule has 0 spiro atoms. The first-order valence-corrected chi connectivity index (χ1v) is 4.78. The predicted molar refractivity (Wildman–Crippen MR) is 53.1 cm³/mol. The molecular formula is C10H17Cl. The van der Waals surface area contributed by atoms with Crippen LogP contribution in [0.1, 0.15) is 33.6 Å². The molecule has 0 nitrogen and oxygen atoms in total. The van der Waals surface area contributed by atoms with Gasteiger partial charge in [0.05, 0.1) is 5.38 Å². The molecule has 0 saturated carbocycles. The molecule has 0 fully saturated rings. The molecule has 1 atom stereocenters. The minimum absolute atomic E-state index is 0.241. The maximum absolute atomic E-state index is 5.86. The van der Waals surface area contributed by atoms with Crippen LogP contribution in [0.25, 0.3) is 0 Å². The standard InChI is InChI=1S/C8H11Cl.C2H6/c1-2-7-4-3-5-8(9)6-7;1-2/h3-4,6,8H,2,5H2,1H3;1-2H3. The second-order valence-electron chi connectivity index (χ2n) is 2.25. The smallest absolute Gasteiger partial charge is 0.0556 e. The van der Waals surface area contributed by atoms with Crippen molar-refractivity contribution in [2.45, 2.75) is 39.0 Å². The second kappa shape index (κ2) is 6.48. The first-order valence-electron chi connectivity index (χ1n) is 4.34. The normalized spacial score (nSPS) is 21.8. The predicted octanol–water partition coefficient (Wildman–Crippen LogP) is 3.92. The van der Waals surface area contributed by atoms with Gasteiger partial charge in [-0.05, 0) is 12.8 Å². The summed E-state index contributed by atoms with van der Waals surface area (Å²) in [5.41, 5.74) is 1.36. The first-order chi connectivity index (χ1) is 5.33. The monoisotopic (exact) mass is 172 g/mol. The first kappa shape index (κ1) is 10.8. The molecule has 1 heteroatoms. The maximum atomic E-state index is 5.86. The van der Waals surface area contributed by atoms with E-state index in [0.717, 1.165) is 12.8 Å². The minimum atomic E-state index is 0.241. The van der Waals surface area contributed by atoms with Crippen LogP contribution in [0.2, 0.25) is 0 Å². The molecule has 0 bridgehead atoms. The third-order valence-electron chi connectivity index (χ3n) is 1.50. The van der Waals surface area contributed by atoms with E-state index in [1.807, 2.05) is 13.8 Å². The van der Waals surface area contributed by atoms with Crippen LogP contribution in [-0.4, -0.2) is 5.38 Å². The van der Waals surface area contributed by atoms with E-state index in [1.54, 1.807) is 0 Å². The van der Waals surface area contributed by atoms with Crippen LogP contribution < -0.4 is 0 Å². The van der Waals surface area contributed by atoms with Gasteiger partial charge in [-0.25, -0.2) is 0 Å². The van der Waals surface area contributed by atoms with Crippen LogP contribution in [0.4, 0.5) is 0 Å². The third kappa shape index (κ3) is 4.26. The summed E-state index contributed by atoms with van der Waals surface area (Å²) < 4.78 is 0. The molecule has 1 aliphatic carbocycles. The van der Waals surface area contributed by atoms with E-state index in [2.05, 4.69) is 25.2 Å². The Balaban J connectivity index is 0.000000461. The second-order valence-corrected chi connectivity index (χ2v) is 2.81. The SMILES string of the molecule is CC.CCC1=CC(Cl)CC=C1. The van der Waals surface area contributed by atoms with Gasteiger partial charge >= 0.3 is 0 Å². The van der Waals surface area contributed by atoms with Gasteiger partial charge in [-0.15, -0.1) is 11.6 Å². The minimum Gasteiger partial charge on any atom is -0.118 e. The molecule has 0 heterocycles. The summed E-state index contributed by atoms with van der Waals surface area (Å²) >= 11 is 5.86. The number of hydrogen-bond acceptors (Lipinski definition) is 0. The zero-order valence-electron chi connectivity index (χ0n) is 7.60. The Morgan fingerprint density at radius 3 is 2.55 bits per heavy atom. The zero-order valence-corrected chi connectivity index (χ0v) is 8.36. The number of hydrogen-bond donors (Lipinski definition) is 0. The molecule has 0 radical (unpaired) electrons.